The lowest BCUT2D eigenvalue weighted by Crippen LogP contribution is -2.55. The Morgan fingerprint density at radius 3 is 2.82 bits per heavy atom. The molecule has 0 radical (unpaired) electrons. The lowest BCUT2D eigenvalue weighted by atomic mass is 9.71. The fraction of sp³-hybridized carbons (Fsp3) is 0.522. The number of nitrogens with zero attached hydrogens (tertiary/aromatic N) is 3. The Morgan fingerprint density at radius 2 is 2.15 bits per heavy atom. The molecular weight excluding hydrogens is 444 g/mol. The van der Waals surface area contributed by atoms with Crippen LogP contribution in [0.3, 0.4) is 0 Å². The molecule has 2 unspecified atom stereocenters. The van der Waals surface area contributed by atoms with Gasteiger partial charge in [-0.3, -0.25) is 4.79 Å². The average Bonchev–Trinajstić information content (AvgIpc) is 3.42. The zero-order valence-corrected chi connectivity index (χ0v) is 19.7. The topological polar surface area (TPSA) is 121 Å². The highest BCUT2D eigenvalue weighted by molar-refractivity contribution is 7.22. The number of β-amino-alcohol motifs (C(OH)–C–C–N with tert-alkyl or cyclic N) is 1. The van der Waals surface area contributed by atoms with E-state index in [1.807, 2.05) is 37.7 Å². The third-order valence-electron chi connectivity index (χ3n) is 6.83. The predicted molar refractivity (Wildman–Crippen MR) is 124 cm³/mol. The summed E-state index contributed by atoms with van der Waals surface area (Å²) in [5.74, 6) is 0. The third kappa shape index (κ3) is 3.56. The summed E-state index contributed by atoms with van der Waals surface area (Å²) in [6.45, 7) is 6.23. The maximum absolute atomic E-state index is 13.1. The van der Waals surface area contributed by atoms with Crippen molar-refractivity contribution < 1.29 is 19.7 Å². The number of hydrogen-bond donors (Lipinski definition) is 3. The van der Waals surface area contributed by atoms with Crippen molar-refractivity contribution in [3.8, 4) is 10.4 Å². The van der Waals surface area contributed by atoms with Crippen LogP contribution in [0.15, 0.2) is 23.3 Å². The molecule has 3 aromatic heterocycles. The van der Waals surface area contributed by atoms with Gasteiger partial charge in [0.25, 0.3) is 5.56 Å². The van der Waals surface area contributed by atoms with Crippen molar-refractivity contribution in [1.29, 1.82) is 0 Å². The molecule has 1 fully saturated rings. The van der Waals surface area contributed by atoms with Gasteiger partial charge in [0, 0.05) is 34.2 Å². The van der Waals surface area contributed by atoms with Gasteiger partial charge in [0.2, 0.25) is 0 Å². The Kier molecular flexibility index (Phi) is 5.15. The van der Waals surface area contributed by atoms with Crippen LogP contribution in [0.2, 0.25) is 0 Å². The molecule has 3 aromatic rings. The van der Waals surface area contributed by atoms with Crippen molar-refractivity contribution in [2.45, 2.75) is 58.4 Å². The summed E-state index contributed by atoms with van der Waals surface area (Å²) >= 11 is 1.34. The number of amides is 1. The van der Waals surface area contributed by atoms with E-state index in [1.165, 1.54) is 16.2 Å². The molecule has 0 saturated carbocycles. The number of carboxylic acid groups (broad SMARTS) is 1. The van der Waals surface area contributed by atoms with Crippen molar-refractivity contribution >= 4 is 27.5 Å². The zero-order chi connectivity index (χ0) is 23.5. The second-order valence-electron chi connectivity index (χ2n) is 9.94. The molecule has 2 aliphatic heterocycles. The maximum Gasteiger partial charge on any atom is 0.407 e. The first kappa shape index (κ1) is 22.1. The van der Waals surface area contributed by atoms with Gasteiger partial charge in [-0.2, -0.15) is 5.10 Å². The second kappa shape index (κ2) is 7.68. The van der Waals surface area contributed by atoms with Crippen molar-refractivity contribution in [3.63, 3.8) is 0 Å². The van der Waals surface area contributed by atoms with Crippen LogP contribution in [0.5, 0.6) is 0 Å². The Balaban J connectivity index is 1.63. The van der Waals surface area contributed by atoms with Crippen molar-refractivity contribution in [2.24, 2.45) is 5.41 Å². The van der Waals surface area contributed by atoms with Gasteiger partial charge < -0.3 is 24.8 Å². The first-order chi connectivity index (χ1) is 15.6. The van der Waals surface area contributed by atoms with E-state index in [-0.39, 0.29) is 24.9 Å². The highest BCUT2D eigenvalue weighted by Gasteiger charge is 2.49. The number of pyridine rings is 1. The molecule has 0 bridgehead atoms. The standard InChI is InChI=1S/C23H28N4O5S/c1-22(2,3)23(31)12-26(21(29)30)11-15-14-8-16(33-18(14)20(28)25-19(15)23)13-9-24-27(10-13)17-6-4-5-7-32-17/h8-10,17,31H,4-7,11-12H2,1-3H3,(H,25,28)(H,29,30). The number of ether oxygens (including phenoxy) is 1. The van der Waals surface area contributed by atoms with Gasteiger partial charge in [-0.15, -0.1) is 11.3 Å². The van der Waals surface area contributed by atoms with E-state index in [0.29, 0.717) is 21.3 Å². The van der Waals surface area contributed by atoms with Gasteiger partial charge in [0.15, 0.2) is 0 Å². The van der Waals surface area contributed by atoms with Crippen LogP contribution in [-0.4, -0.2) is 49.1 Å². The van der Waals surface area contributed by atoms with Crippen LogP contribution >= 0.6 is 11.3 Å². The molecule has 2 aliphatic rings. The molecule has 10 heteroatoms. The number of hydrogen-bond acceptors (Lipinski definition) is 6. The molecule has 9 nitrogen and oxygen atoms in total. The van der Waals surface area contributed by atoms with Crippen LogP contribution in [0.1, 0.15) is 57.5 Å². The van der Waals surface area contributed by atoms with Gasteiger partial charge in [-0.1, -0.05) is 20.8 Å². The van der Waals surface area contributed by atoms with Crippen LogP contribution in [0, 0.1) is 5.41 Å². The molecule has 1 saturated heterocycles. The number of aromatic amines is 1. The van der Waals surface area contributed by atoms with E-state index in [1.54, 1.807) is 6.20 Å². The van der Waals surface area contributed by atoms with Gasteiger partial charge in [-0.05, 0) is 30.7 Å². The normalized spacial score (nSPS) is 23.6. The van der Waals surface area contributed by atoms with E-state index in [2.05, 4.69) is 10.1 Å². The van der Waals surface area contributed by atoms with Crippen molar-refractivity contribution in [3.05, 3.63) is 40.1 Å². The number of aromatic nitrogens is 3. The highest BCUT2D eigenvalue weighted by atomic mass is 32.1. The van der Waals surface area contributed by atoms with Crippen LogP contribution < -0.4 is 5.56 Å². The summed E-state index contributed by atoms with van der Waals surface area (Å²) in [7, 11) is 0. The minimum Gasteiger partial charge on any atom is -0.465 e. The number of nitrogens with one attached hydrogen (secondary N) is 1. The predicted octanol–water partition coefficient (Wildman–Crippen LogP) is 3.88. The van der Waals surface area contributed by atoms with E-state index < -0.39 is 17.1 Å². The molecule has 0 aromatic carbocycles. The second-order valence-corrected chi connectivity index (χ2v) is 11.0. The fourth-order valence-corrected chi connectivity index (χ4v) is 5.78. The maximum atomic E-state index is 13.1. The van der Waals surface area contributed by atoms with Crippen molar-refractivity contribution in [2.75, 3.05) is 13.2 Å². The number of thiophene rings is 1. The zero-order valence-electron chi connectivity index (χ0n) is 18.9. The van der Waals surface area contributed by atoms with E-state index in [0.717, 1.165) is 36.3 Å². The fourth-order valence-electron chi connectivity index (χ4n) is 4.73. The minimum absolute atomic E-state index is 0.0797. The van der Waals surface area contributed by atoms with Crippen LogP contribution in [-0.2, 0) is 16.9 Å². The summed E-state index contributed by atoms with van der Waals surface area (Å²) < 4.78 is 8.15. The number of H-pyrrole nitrogens is 1. The Morgan fingerprint density at radius 1 is 1.36 bits per heavy atom. The lowest BCUT2D eigenvalue weighted by Gasteiger charge is -2.46. The van der Waals surface area contributed by atoms with Gasteiger partial charge in [-0.25, -0.2) is 9.48 Å². The number of rotatable bonds is 2. The van der Waals surface area contributed by atoms with Gasteiger partial charge in [0.05, 0.1) is 25.0 Å². The van der Waals surface area contributed by atoms with Crippen molar-refractivity contribution in [1.82, 2.24) is 19.7 Å². The summed E-state index contributed by atoms with van der Waals surface area (Å²) in [6, 6.07) is 1.91. The molecule has 5 heterocycles. The number of aliphatic hydroxyl groups is 1. The minimum atomic E-state index is -1.53. The van der Waals surface area contributed by atoms with Crippen LogP contribution in [0.25, 0.3) is 20.5 Å². The molecular formula is C23H28N4O5S. The molecule has 176 valence electrons. The first-order valence-corrected chi connectivity index (χ1v) is 12.0. The molecule has 1 amide bonds. The van der Waals surface area contributed by atoms with E-state index in [4.69, 9.17) is 4.74 Å². The van der Waals surface area contributed by atoms with Gasteiger partial charge in [0.1, 0.15) is 16.5 Å². The summed E-state index contributed by atoms with van der Waals surface area (Å²) in [5.41, 5.74) is -0.601. The van der Waals surface area contributed by atoms with E-state index in [9.17, 15) is 19.8 Å². The monoisotopic (exact) mass is 472 g/mol. The quantitative estimate of drug-likeness (QED) is 0.521. The van der Waals surface area contributed by atoms with Crippen LogP contribution in [0.4, 0.5) is 4.79 Å². The Labute approximate surface area is 194 Å². The third-order valence-corrected chi connectivity index (χ3v) is 8.02. The Bertz CT molecular complexity index is 1280. The average molecular weight is 473 g/mol. The molecule has 0 aliphatic carbocycles. The summed E-state index contributed by atoms with van der Waals surface area (Å²) in [6.07, 6.45) is 5.58. The number of carbonyl (C=O) groups is 1. The van der Waals surface area contributed by atoms with E-state index >= 15 is 0 Å². The Hall–Kier alpha value is -2.69. The molecule has 0 spiro atoms. The van der Waals surface area contributed by atoms with Gasteiger partial charge >= 0.3 is 6.09 Å². The molecule has 2 atom stereocenters. The lowest BCUT2D eigenvalue weighted by molar-refractivity contribution is -0.0957. The smallest absolute Gasteiger partial charge is 0.407 e. The molecule has 33 heavy (non-hydrogen) atoms. The summed E-state index contributed by atoms with van der Waals surface area (Å²) in [4.78, 5) is 29.9. The highest BCUT2D eigenvalue weighted by Crippen LogP contribution is 2.46. The SMILES string of the molecule is CC(C)(C)C1(O)CN(C(=O)O)Cc2c1[nH]c(=O)c1sc(-c3cnn(C4CCCCO4)c3)cc21. The first-order valence-electron chi connectivity index (χ1n) is 11.1. The number of fused-ring (bicyclic) bond motifs is 3. The molecule has 3 N–H and O–H groups in total. The summed E-state index contributed by atoms with van der Waals surface area (Å²) in [5, 5.41) is 26.5. The largest absolute Gasteiger partial charge is 0.465 e. The molecule has 5 rings (SSSR count).